The van der Waals surface area contributed by atoms with E-state index in [1.54, 1.807) is 6.20 Å². The summed E-state index contributed by atoms with van der Waals surface area (Å²) in [6.45, 7) is 4.27. The molecule has 0 radical (unpaired) electrons. The molecule has 0 amide bonds. The van der Waals surface area contributed by atoms with Crippen molar-refractivity contribution in [3.63, 3.8) is 0 Å². The molecule has 2 N–H and O–H groups in total. The summed E-state index contributed by atoms with van der Waals surface area (Å²) in [5.74, 6) is 0.237. The molecule has 5 heteroatoms. The number of hydrogen-bond acceptors (Lipinski definition) is 5. The molecule has 1 aromatic rings. The highest BCUT2D eigenvalue weighted by Crippen LogP contribution is 2.20. The molecule has 0 saturated carbocycles. The second-order valence-electron chi connectivity index (χ2n) is 4.23. The van der Waals surface area contributed by atoms with Gasteiger partial charge < -0.3 is 15.4 Å². The van der Waals surface area contributed by atoms with E-state index in [4.69, 9.17) is 5.73 Å². The minimum Gasteiger partial charge on any atom is -0.469 e. The number of nitrogens with zero attached hydrogens (tertiary/aromatic N) is 2. The van der Waals surface area contributed by atoms with Crippen LogP contribution in [0.3, 0.4) is 0 Å². The van der Waals surface area contributed by atoms with Crippen molar-refractivity contribution < 1.29 is 9.53 Å². The fourth-order valence-corrected chi connectivity index (χ4v) is 1.68. The molecule has 94 valence electrons. The number of carbonyl (C=O) groups excluding carboxylic acids is 1. The predicted octanol–water partition coefficient (Wildman–Crippen LogP) is 1.22. The van der Waals surface area contributed by atoms with E-state index in [2.05, 4.69) is 9.72 Å². The van der Waals surface area contributed by atoms with Gasteiger partial charge in [-0.25, -0.2) is 4.98 Å². The third kappa shape index (κ3) is 3.34. The van der Waals surface area contributed by atoms with E-state index >= 15 is 0 Å². The van der Waals surface area contributed by atoms with Gasteiger partial charge in [0.15, 0.2) is 5.82 Å². The molecule has 0 saturated heterocycles. The van der Waals surface area contributed by atoms with Crippen molar-refractivity contribution in [2.24, 2.45) is 5.92 Å². The average molecular weight is 237 g/mol. The Hall–Kier alpha value is -1.78. The average Bonchev–Trinajstić information content (AvgIpc) is 2.27. The molecule has 1 rings (SSSR count). The maximum Gasteiger partial charge on any atom is 0.310 e. The van der Waals surface area contributed by atoms with Crippen molar-refractivity contribution in [3.05, 3.63) is 17.8 Å². The topological polar surface area (TPSA) is 68.5 Å². The lowest BCUT2D eigenvalue weighted by molar-refractivity contribution is -0.144. The highest BCUT2D eigenvalue weighted by Gasteiger charge is 2.17. The standard InChI is InChI=1S/C12H19N3O2/c1-8-5-10(13)11(14-6-8)15(3)7-9(2)12(16)17-4/h5-6,9H,7,13H2,1-4H3. The lowest BCUT2D eigenvalue weighted by atomic mass is 10.1. The van der Waals surface area contributed by atoms with Crippen molar-refractivity contribution in [2.45, 2.75) is 13.8 Å². The van der Waals surface area contributed by atoms with E-state index in [9.17, 15) is 4.79 Å². The third-order valence-corrected chi connectivity index (χ3v) is 2.54. The van der Waals surface area contributed by atoms with Crippen molar-refractivity contribution in [3.8, 4) is 0 Å². The number of methoxy groups -OCH3 is 1. The van der Waals surface area contributed by atoms with E-state index in [0.717, 1.165) is 5.56 Å². The molecule has 1 unspecified atom stereocenters. The molecular formula is C12H19N3O2. The summed E-state index contributed by atoms with van der Waals surface area (Å²) in [4.78, 5) is 17.4. The molecule has 1 heterocycles. The largest absolute Gasteiger partial charge is 0.469 e. The van der Waals surface area contributed by atoms with Gasteiger partial charge in [0.25, 0.3) is 0 Å². The third-order valence-electron chi connectivity index (χ3n) is 2.54. The van der Waals surface area contributed by atoms with Gasteiger partial charge in [0.1, 0.15) is 0 Å². The van der Waals surface area contributed by atoms with Crippen molar-refractivity contribution in [1.82, 2.24) is 4.98 Å². The van der Waals surface area contributed by atoms with Crippen LogP contribution in [0, 0.1) is 12.8 Å². The fourth-order valence-electron chi connectivity index (χ4n) is 1.68. The molecule has 0 aromatic carbocycles. The van der Waals surface area contributed by atoms with Crippen LogP contribution in [0.15, 0.2) is 12.3 Å². The number of esters is 1. The van der Waals surface area contributed by atoms with Crippen molar-refractivity contribution >= 4 is 17.5 Å². The van der Waals surface area contributed by atoms with Crippen LogP contribution in [0.2, 0.25) is 0 Å². The fraction of sp³-hybridized carbons (Fsp3) is 0.500. The Morgan fingerprint density at radius 1 is 1.65 bits per heavy atom. The SMILES string of the molecule is COC(=O)C(C)CN(C)c1ncc(C)cc1N. The van der Waals surface area contributed by atoms with Crippen LogP contribution in [0.25, 0.3) is 0 Å². The zero-order valence-electron chi connectivity index (χ0n) is 10.7. The zero-order chi connectivity index (χ0) is 13.0. The second-order valence-corrected chi connectivity index (χ2v) is 4.23. The van der Waals surface area contributed by atoms with Gasteiger partial charge in [0.05, 0.1) is 18.7 Å². The zero-order valence-corrected chi connectivity index (χ0v) is 10.7. The normalized spacial score (nSPS) is 12.0. The number of nitrogens with two attached hydrogens (primary N) is 1. The molecule has 1 atom stereocenters. The van der Waals surface area contributed by atoms with Gasteiger partial charge in [-0.3, -0.25) is 4.79 Å². The summed E-state index contributed by atoms with van der Waals surface area (Å²) in [6, 6.07) is 1.86. The molecule has 0 aliphatic carbocycles. The minimum absolute atomic E-state index is 0.215. The number of pyridine rings is 1. The lowest BCUT2D eigenvalue weighted by Crippen LogP contribution is -2.30. The predicted molar refractivity (Wildman–Crippen MR) is 67.8 cm³/mol. The van der Waals surface area contributed by atoms with Crippen molar-refractivity contribution in [1.29, 1.82) is 0 Å². The Bertz CT molecular complexity index is 407. The maximum atomic E-state index is 11.3. The summed E-state index contributed by atoms with van der Waals surface area (Å²) < 4.78 is 4.68. The second kappa shape index (κ2) is 5.52. The molecule has 0 fully saturated rings. The van der Waals surface area contributed by atoms with E-state index in [1.807, 2.05) is 31.9 Å². The first kappa shape index (κ1) is 13.3. The summed E-state index contributed by atoms with van der Waals surface area (Å²) in [7, 11) is 3.24. The molecule has 0 aliphatic rings. The smallest absolute Gasteiger partial charge is 0.310 e. The lowest BCUT2D eigenvalue weighted by Gasteiger charge is -2.22. The van der Waals surface area contributed by atoms with Gasteiger partial charge in [-0.15, -0.1) is 0 Å². The van der Waals surface area contributed by atoms with Crippen LogP contribution in [0.5, 0.6) is 0 Å². The monoisotopic (exact) mass is 237 g/mol. The van der Waals surface area contributed by atoms with Gasteiger partial charge in [0.2, 0.25) is 0 Å². The number of carbonyl (C=O) groups is 1. The molecule has 17 heavy (non-hydrogen) atoms. The van der Waals surface area contributed by atoms with Crippen LogP contribution in [-0.4, -0.2) is 31.7 Å². The first-order valence-electron chi connectivity index (χ1n) is 5.46. The number of ether oxygens (including phenoxy) is 1. The van der Waals surface area contributed by atoms with Crippen LogP contribution in [0.4, 0.5) is 11.5 Å². The number of aryl methyl sites for hydroxylation is 1. The minimum atomic E-state index is -0.234. The number of nitrogen functional groups attached to an aromatic ring is 1. The summed E-state index contributed by atoms with van der Waals surface area (Å²) >= 11 is 0. The molecular weight excluding hydrogens is 218 g/mol. The number of anilines is 2. The molecule has 1 aromatic heterocycles. The maximum absolute atomic E-state index is 11.3. The molecule has 0 spiro atoms. The Labute approximate surface area is 102 Å². The molecule has 0 aliphatic heterocycles. The van der Waals surface area contributed by atoms with E-state index < -0.39 is 0 Å². The van der Waals surface area contributed by atoms with Crippen molar-refractivity contribution in [2.75, 3.05) is 31.3 Å². The Morgan fingerprint density at radius 3 is 2.82 bits per heavy atom. The highest BCUT2D eigenvalue weighted by molar-refractivity contribution is 5.73. The molecule has 0 bridgehead atoms. The van der Waals surface area contributed by atoms with E-state index in [0.29, 0.717) is 18.1 Å². The first-order valence-corrected chi connectivity index (χ1v) is 5.46. The Kier molecular flexibility index (Phi) is 4.31. The van der Waals surface area contributed by atoms with E-state index in [1.165, 1.54) is 7.11 Å². The number of hydrogen-bond donors (Lipinski definition) is 1. The van der Waals surface area contributed by atoms with Gasteiger partial charge in [0, 0.05) is 19.8 Å². The van der Waals surface area contributed by atoms with Crippen LogP contribution >= 0.6 is 0 Å². The van der Waals surface area contributed by atoms with Crippen LogP contribution in [0.1, 0.15) is 12.5 Å². The van der Waals surface area contributed by atoms with Gasteiger partial charge >= 0.3 is 5.97 Å². The number of aromatic nitrogens is 1. The Balaban J connectivity index is 2.76. The highest BCUT2D eigenvalue weighted by atomic mass is 16.5. The van der Waals surface area contributed by atoms with Gasteiger partial charge in [-0.05, 0) is 18.6 Å². The molecule has 5 nitrogen and oxygen atoms in total. The van der Waals surface area contributed by atoms with Crippen LogP contribution < -0.4 is 10.6 Å². The van der Waals surface area contributed by atoms with Crippen LogP contribution in [-0.2, 0) is 9.53 Å². The summed E-state index contributed by atoms with van der Waals surface area (Å²) in [5, 5.41) is 0. The first-order chi connectivity index (χ1) is 7.95. The summed E-state index contributed by atoms with van der Waals surface area (Å²) in [5.41, 5.74) is 7.52. The summed E-state index contributed by atoms with van der Waals surface area (Å²) in [6.07, 6.45) is 1.75. The number of rotatable bonds is 4. The quantitative estimate of drug-likeness (QED) is 0.797. The van der Waals surface area contributed by atoms with E-state index in [-0.39, 0.29) is 11.9 Å². The van der Waals surface area contributed by atoms with Gasteiger partial charge in [-0.1, -0.05) is 6.92 Å². The van der Waals surface area contributed by atoms with Gasteiger partial charge in [-0.2, -0.15) is 0 Å². The Morgan fingerprint density at radius 2 is 2.29 bits per heavy atom.